The number of likely N-dealkylation sites (tertiary alicyclic amines) is 1. The third kappa shape index (κ3) is 2.97. The van der Waals surface area contributed by atoms with Gasteiger partial charge in [-0.25, -0.2) is 4.79 Å². The number of hydrogen-bond donors (Lipinski definition) is 1. The molecule has 0 unspecified atom stereocenters. The average Bonchev–Trinajstić information content (AvgIpc) is 3.02. The van der Waals surface area contributed by atoms with Crippen LogP contribution < -0.4 is 0 Å². The molecule has 2 aliphatic rings. The van der Waals surface area contributed by atoms with E-state index in [0.717, 1.165) is 44.5 Å². The number of nitrogens with zero attached hydrogens (tertiary/aromatic N) is 1. The predicted octanol–water partition coefficient (Wildman–Crippen LogP) is 4.51. The van der Waals surface area contributed by atoms with Crippen molar-refractivity contribution in [2.24, 2.45) is 0 Å². The molecule has 1 fully saturated rings. The molecule has 3 heteroatoms. The van der Waals surface area contributed by atoms with E-state index >= 15 is 0 Å². The Balaban J connectivity index is 1.45. The summed E-state index contributed by atoms with van der Waals surface area (Å²) in [6, 6.07) is 14.6. The summed E-state index contributed by atoms with van der Waals surface area (Å²) in [5.74, 6) is -0.833. The van der Waals surface area contributed by atoms with Crippen molar-refractivity contribution in [3.05, 3.63) is 76.4 Å². The predicted molar refractivity (Wildman–Crippen MR) is 104 cm³/mol. The van der Waals surface area contributed by atoms with Crippen molar-refractivity contribution in [3.8, 4) is 0 Å². The number of allylic oxidation sites excluding steroid dienone is 1. The minimum absolute atomic E-state index is 0.217. The molecule has 4 rings (SSSR count). The Morgan fingerprint density at radius 3 is 2.65 bits per heavy atom. The van der Waals surface area contributed by atoms with Crippen molar-refractivity contribution < 1.29 is 9.90 Å². The molecule has 1 aliphatic carbocycles. The second kappa shape index (κ2) is 6.73. The van der Waals surface area contributed by atoms with Gasteiger partial charge in [-0.05, 0) is 60.7 Å². The van der Waals surface area contributed by atoms with Gasteiger partial charge in [-0.1, -0.05) is 55.5 Å². The van der Waals surface area contributed by atoms with Gasteiger partial charge in [-0.2, -0.15) is 0 Å². The number of aromatic carboxylic acids is 1. The van der Waals surface area contributed by atoms with Gasteiger partial charge in [-0.3, -0.25) is 4.90 Å². The highest BCUT2D eigenvalue weighted by molar-refractivity contribution is 5.89. The van der Waals surface area contributed by atoms with Crippen molar-refractivity contribution >= 4 is 12.0 Å². The zero-order chi connectivity index (χ0) is 18.1. The second-order valence-electron chi connectivity index (χ2n) is 7.50. The van der Waals surface area contributed by atoms with Gasteiger partial charge in [0.05, 0.1) is 5.56 Å². The van der Waals surface area contributed by atoms with Gasteiger partial charge in [0.2, 0.25) is 0 Å². The van der Waals surface area contributed by atoms with Crippen LogP contribution in [-0.2, 0) is 18.4 Å². The fourth-order valence-electron chi connectivity index (χ4n) is 4.49. The number of rotatable bonds is 4. The van der Waals surface area contributed by atoms with E-state index in [1.807, 2.05) is 13.0 Å². The molecular weight excluding hydrogens is 322 g/mol. The summed E-state index contributed by atoms with van der Waals surface area (Å²) in [6.07, 6.45) is 7.73. The number of carboxylic acid groups (broad SMARTS) is 1. The lowest BCUT2D eigenvalue weighted by Gasteiger charge is -2.39. The van der Waals surface area contributed by atoms with Crippen LogP contribution in [0.3, 0.4) is 0 Å². The van der Waals surface area contributed by atoms with Crippen molar-refractivity contribution in [3.63, 3.8) is 0 Å². The Morgan fingerprint density at radius 2 is 1.92 bits per heavy atom. The summed E-state index contributed by atoms with van der Waals surface area (Å²) in [5.41, 5.74) is 5.65. The van der Waals surface area contributed by atoms with Crippen molar-refractivity contribution in [2.45, 2.75) is 38.1 Å². The number of piperidine rings is 1. The van der Waals surface area contributed by atoms with Crippen LogP contribution in [0.5, 0.6) is 0 Å². The van der Waals surface area contributed by atoms with E-state index in [0.29, 0.717) is 5.56 Å². The van der Waals surface area contributed by atoms with Crippen molar-refractivity contribution in [1.82, 2.24) is 4.90 Å². The molecule has 2 aromatic rings. The van der Waals surface area contributed by atoms with E-state index in [2.05, 4.69) is 47.4 Å². The summed E-state index contributed by atoms with van der Waals surface area (Å²) in [6.45, 7) is 5.05. The molecule has 0 aromatic heterocycles. The topological polar surface area (TPSA) is 40.5 Å². The monoisotopic (exact) mass is 347 g/mol. The average molecular weight is 347 g/mol. The van der Waals surface area contributed by atoms with E-state index in [1.54, 1.807) is 6.07 Å². The molecule has 26 heavy (non-hydrogen) atoms. The van der Waals surface area contributed by atoms with Gasteiger partial charge < -0.3 is 5.11 Å². The van der Waals surface area contributed by atoms with E-state index in [4.69, 9.17) is 0 Å². The smallest absolute Gasteiger partial charge is 0.335 e. The highest BCUT2D eigenvalue weighted by Gasteiger charge is 2.37. The largest absolute Gasteiger partial charge is 0.478 e. The van der Waals surface area contributed by atoms with Crippen molar-refractivity contribution in [1.29, 1.82) is 0 Å². The van der Waals surface area contributed by atoms with E-state index in [-0.39, 0.29) is 5.41 Å². The molecule has 1 N–H and O–H groups in total. The first kappa shape index (κ1) is 17.0. The van der Waals surface area contributed by atoms with Crippen molar-refractivity contribution in [2.75, 3.05) is 13.1 Å². The van der Waals surface area contributed by atoms with E-state index in [9.17, 15) is 9.90 Å². The Bertz CT molecular complexity index is 860. The molecule has 1 aliphatic heterocycles. The molecule has 0 amide bonds. The lowest BCUT2D eigenvalue weighted by molar-refractivity contribution is 0.0695. The van der Waals surface area contributed by atoms with Crippen LogP contribution in [0.25, 0.3) is 6.08 Å². The molecule has 0 saturated carbocycles. The number of benzene rings is 2. The fourth-order valence-corrected chi connectivity index (χ4v) is 4.49. The Kier molecular flexibility index (Phi) is 4.41. The molecule has 0 atom stereocenters. The standard InChI is InChI=1S/C23H25NO2/c1-2-18-15-17(7-8-20(18)22(25)26)16-24-13-11-23(12-14-24)10-9-19-5-3-4-6-21(19)23/h3-10,15H,2,11-14,16H2,1H3,(H,25,26). The first-order chi connectivity index (χ1) is 12.6. The normalized spacial score (nSPS) is 18.2. The van der Waals surface area contributed by atoms with Crippen LogP contribution >= 0.6 is 0 Å². The zero-order valence-electron chi connectivity index (χ0n) is 15.2. The molecule has 2 aromatic carbocycles. The number of aryl methyl sites for hydroxylation is 1. The van der Waals surface area contributed by atoms with E-state index < -0.39 is 5.97 Å². The minimum Gasteiger partial charge on any atom is -0.478 e. The third-order valence-electron chi connectivity index (χ3n) is 6.01. The molecule has 134 valence electrons. The molecule has 1 heterocycles. The Labute approximate surface area is 155 Å². The summed E-state index contributed by atoms with van der Waals surface area (Å²) in [7, 11) is 0. The molecule has 3 nitrogen and oxygen atoms in total. The maximum absolute atomic E-state index is 11.3. The van der Waals surface area contributed by atoms with Gasteiger partial charge in [0.1, 0.15) is 0 Å². The Hall–Kier alpha value is -2.39. The zero-order valence-corrected chi connectivity index (χ0v) is 15.2. The molecule has 1 spiro atoms. The number of hydrogen-bond acceptors (Lipinski definition) is 2. The summed E-state index contributed by atoms with van der Waals surface area (Å²) in [4.78, 5) is 13.8. The maximum Gasteiger partial charge on any atom is 0.335 e. The van der Waals surface area contributed by atoms with Gasteiger partial charge in [0, 0.05) is 12.0 Å². The highest BCUT2D eigenvalue weighted by atomic mass is 16.4. The molecule has 1 saturated heterocycles. The molecule has 0 radical (unpaired) electrons. The van der Waals surface area contributed by atoms with Gasteiger partial charge >= 0.3 is 5.97 Å². The Morgan fingerprint density at radius 1 is 1.15 bits per heavy atom. The first-order valence-electron chi connectivity index (χ1n) is 9.47. The molecular formula is C23H25NO2. The maximum atomic E-state index is 11.3. The van der Waals surface area contributed by atoms with Crippen LogP contribution in [0, 0.1) is 0 Å². The highest BCUT2D eigenvalue weighted by Crippen LogP contribution is 2.43. The lowest BCUT2D eigenvalue weighted by atomic mass is 9.74. The summed E-state index contributed by atoms with van der Waals surface area (Å²) >= 11 is 0. The second-order valence-corrected chi connectivity index (χ2v) is 7.50. The van der Waals surface area contributed by atoms with Crippen LogP contribution in [-0.4, -0.2) is 29.1 Å². The minimum atomic E-state index is -0.833. The van der Waals surface area contributed by atoms with Gasteiger partial charge in [0.25, 0.3) is 0 Å². The van der Waals surface area contributed by atoms with Crippen LogP contribution in [0.2, 0.25) is 0 Å². The SMILES string of the molecule is CCc1cc(CN2CCC3(C=Cc4ccccc43)CC2)ccc1C(=O)O. The fraction of sp³-hybridized carbons (Fsp3) is 0.348. The van der Waals surface area contributed by atoms with Gasteiger partial charge in [0.15, 0.2) is 0 Å². The first-order valence-corrected chi connectivity index (χ1v) is 9.47. The summed E-state index contributed by atoms with van der Waals surface area (Å²) < 4.78 is 0. The third-order valence-corrected chi connectivity index (χ3v) is 6.01. The lowest BCUT2D eigenvalue weighted by Crippen LogP contribution is -2.40. The quantitative estimate of drug-likeness (QED) is 0.885. The number of fused-ring (bicyclic) bond motifs is 2. The number of carboxylic acids is 1. The van der Waals surface area contributed by atoms with Crippen LogP contribution in [0.15, 0.2) is 48.5 Å². The van der Waals surface area contributed by atoms with E-state index in [1.165, 1.54) is 16.7 Å². The number of carbonyl (C=O) groups is 1. The van der Waals surface area contributed by atoms with Crippen LogP contribution in [0.1, 0.15) is 52.4 Å². The van der Waals surface area contributed by atoms with Crippen LogP contribution in [0.4, 0.5) is 0 Å². The molecule has 0 bridgehead atoms. The van der Waals surface area contributed by atoms with Gasteiger partial charge in [-0.15, -0.1) is 0 Å². The summed E-state index contributed by atoms with van der Waals surface area (Å²) in [5, 5.41) is 9.29.